The summed E-state index contributed by atoms with van der Waals surface area (Å²) in [5.74, 6) is -1.93. The summed E-state index contributed by atoms with van der Waals surface area (Å²) < 4.78 is 0. The van der Waals surface area contributed by atoms with Gasteiger partial charge in [0.1, 0.15) is 5.54 Å². The first kappa shape index (κ1) is 17.8. The predicted molar refractivity (Wildman–Crippen MR) is 93.8 cm³/mol. The highest BCUT2D eigenvalue weighted by molar-refractivity contribution is 6.22. The van der Waals surface area contributed by atoms with E-state index >= 15 is 0 Å². The zero-order valence-electron chi connectivity index (χ0n) is 13.8. The lowest BCUT2D eigenvalue weighted by molar-refractivity contribution is -0.0549. The van der Waals surface area contributed by atoms with Crippen LogP contribution in [0.15, 0.2) is 20.2 Å². The summed E-state index contributed by atoms with van der Waals surface area (Å²) in [6.45, 7) is -0.0685. The fraction of sp³-hybridized carbons (Fsp3) is 0.833. The van der Waals surface area contributed by atoms with Crippen molar-refractivity contribution in [3.8, 4) is 0 Å². The van der Waals surface area contributed by atoms with Crippen molar-refractivity contribution in [1.82, 2.24) is 10.2 Å². The van der Waals surface area contributed by atoms with Gasteiger partial charge in [-0.05, 0) is 22.9 Å². The van der Waals surface area contributed by atoms with Crippen LogP contribution in [0.5, 0.6) is 0 Å². The number of nitrogens with zero attached hydrogens (tertiary/aromatic N) is 9. The molecule has 7 N–H and O–H groups in total. The van der Waals surface area contributed by atoms with Crippen molar-refractivity contribution in [2.75, 3.05) is 13.1 Å². The molecule has 15 heteroatoms. The highest BCUT2D eigenvalue weighted by Gasteiger charge is 2.81. The Morgan fingerprint density at radius 1 is 1.22 bits per heavy atom. The Kier molecular flexibility index (Phi) is 3.74. The lowest BCUT2D eigenvalue weighted by Crippen LogP contribution is -2.61. The minimum absolute atomic E-state index is 0.00237. The summed E-state index contributed by atoms with van der Waals surface area (Å²) in [7, 11) is 0. The number of azide groups is 2. The van der Waals surface area contributed by atoms with Crippen LogP contribution in [-0.2, 0) is 0 Å². The number of aliphatic imine (C=N–C) groups is 2. The Morgan fingerprint density at radius 2 is 1.85 bits per heavy atom. The number of aliphatic hydroxyl groups excluding tert-OH is 1. The van der Waals surface area contributed by atoms with Crippen molar-refractivity contribution in [2.45, 2.75) is 29.0 Å². The molecule has 3 heterocycles. The average Bonchev–Trinajstić information content (AvgIpc) is 3.20. The predicted octanol–water partition coefficient (Wildman–Crippen LogP) is -1.29. The minimum atomic E-state index is -1.72. The van der Waals surface area contributed by atoms with Gasteiger partial charge in [0.25, 0.3) is 0 Å². The normalized spacial score (nSPS) is 46.4. The van der Waals surface area contributed by atoms with Gasteiger partial charge in [0.15, 0.2) is 30.0 Å². The van der Waals surface area contributed by atoms with Crippen LogP contribution in [-0.4, -0.2) is 69.2 Å². The second-order valence-electron chi connectivity index (χ2n) is 6.99. The number of alkyl halides is 1. The summed E-state index contributed by atoms with van der Waals surface area (Å²) >= 11 is 6.78. The molecule has 0 radical (unpaired) electrons. The van der Waals surface area contributed by atoms with Crippen LogP contribution in [0, 0.1) is 17.8 Å². The number of hydrogen-bond donors (Lipinski definition) is 5. The Labute approximate surface area is 157 Å². The van der Waals surface area contributed by atoms with Gasteiger partial charge >= 0.3 is 0 Å². The maximum Gasteiger partial charge on any atom is 0.196 e. The third kappa shape index (κ3) is 1.93. The van der Waals surface area contributed by atoms with Gasteiger partial charge in [-0.1, -0.05) is 10.2 Å². The van der Waals surface area contributed by atoms with E-state index in [1.54, 1.807) is 0 Å². The number of hydrogen-bond acceptors (Lipinski definition) is 10. The van der Waals surface area contributed by atoms with Crippen molar-refractivity contribution in [1.29, 1.82) is 0 Å². The molecule has 0 aromatic carbocycles. The second kappa shape index (κ2) is 5.68. The van der Waals surface area contributed by atoms with Gasteiger partial charge in [-0.3, -0.25) is 0 Å². The quantitative estimate of drug-likeness (QED) is 0.168. The van der Waals surface area contributed by atoms with E-state index in [2.05, 4.69) is 35.4 Å². The molecule has 144 valence electrons. The fourth-order valence-electron chi connectivity index (χ4n) is 5.29. The van der Waals surface area contributed by atoms with Crippen LogP contribution in [0.1, 0.15) is 0 Å². The third-order valence-electron chi connectivity index (χ3n) is 6.04. The van der Waals surface area contributed by atoms with E-state index in [0.29, 0.717) is 0 Å². The number of fused-ring (bicyclic) bond motifs is 3. The fourth-order valence-corrected chi connectivity index (χ4v) is 5.91. The van der Waals surface area contributed by atoms with E-state index in [9.17, 15) is 10.2 Å². The van der Waals surface area contributed by atoms with E-state index < -0.39 is 46.8 Å². The van der Waals surface area contributed by atoms with Gasteiger partial charge in [0.05, 0.1) is 5.38 Å². The number of halogens is 1. The summed E-state index contributed by atoms with van der Waals surface area (Å²) in [6, 6.07) is 0. The van der Waals surface area contributed by atoms with E-state index in [1.165, 1.54) is 4.90 Å². The molecular formula is C12H17ClN12O2. The molecule has 1 saturated carbocycles. The van der Waals surface area contributed by atoms with Crippen LogP contribution >= 0.6 is 11.6 Å². The molecule has 8 atom stereocenters. The van der Waals surface area contributed by atoms with Gasteiger partial charge < -0.3 is 31.9 Å². The molecule has 0 bridgehead atoms. The first-order valence-corrected chi connectivity index (χ1v) is 8.58. The molecule has 4 aliphatic rings. The second-order valence-corrected chi connectivity index (χ2v) is 7.46. The molecular weight excluding hydrogens is 380 g/mol. The summed E-state index contributed by atoms with van der Waals surface area (Å²) in [4.78, 5) is 15.3. The molecule has 3 aliphatic heterocycles. The summed E-state index contributed by atoms with van der Waals surface area (Å²) in [5, 5.41) is 31.4. The van der Waals surface area contributed by atoms with Crippen molar-refractivity contribution in [3.63, 3.8) is 0 Å². The first-order chi connectivity index (χ1) is 12.8. The van der Waals surface area contributed by atoms with E-state index in [0.717, 1.165) is 0 Å². The number of rotatable bonds is 4. The van der Waals surface area contributed by atoms with Crippen molar-refractivity contribution >= 4 is 23.5 Å². The average molecular weight is 397 g/mol. The van der Waals surface area contributed by atoms with E-state index in [-0.39, 0.29) is 25.0 Å². The maximum atomic E-state index is 11.5. The van der Waals surface area contributed by atoms with Crippen LogP contribution in [0.25, 0.3) is 20.9 Å². The summed E-state index contributed by atoms with van der Waals surface area (Å²) in [5.41, 5.74) is 26.3. The Morgan fingerprint density at radius 3 is 2.48 bits per heavy atom. The molecule has 2 fully saturated rings. The molecule has 27 heavy (non-hydrogen) atoms. The Bertz CT molecular complexity index is 836. The first-order valence-electron chi connectivity index (χ1n) is 8.14. The molecule has 0 amide bonds. The number of guanidine groups is 2. The van der Waals surface area contributed by atoms with Crippen LogP contribution < -0.4 is 16.8 Å². The minimum Gasteiger partial charge on any atom is -0.370 e. The SMILES string of the molecule is [N-]=[N+]=NC[C@@H]1[C@@H](CN=[N+]=[N-])[C@H](Cl)[C@@]23[C@H](O)N=C(N)N2[C@H]2N=C(N)N[C@@]2(O)[C@@H]13. The molecule has 14 nitrogen and oxygen atoms in total. The molecule has 1 spiro atoms. The Balaban J connectivity index is 1.90. The molecule has 0 aromatic heterocycles. The third-order valence-corrected chi connectivity index (χ3v) is 6.71. The van der Waals surface area contributed by atoms with Gasteiger partial charge in [-0.2, -0.15) is 0 Å². The number of aliphatic hydroxyl groups is 2. The highest BCUT2D eigenvalue weighted by Crippen LogP contribution is 2.64. The van der Waals surface area contributed by atoms with E-state index in [4.69, 9.17) is 34.1 Å². The van der Waals surface area contributed by atoms with E-state index in [1.807, 2.05) is 0 Å². The highest BCUT2D eigenvalue weighted by atomic mass is 35.5. The summed E-state index contributed by atoms with van der Waals surface area (Å²) in [6.07, 6.45) is -2.32. The molecule has 4 rings (SSSR count). The van der Waals surface area contributed by atoms with Crippen molar-refractivity contribution < 1.29 is 10.2 Å². The molecule has 0 aromatic rings. The zero-order chi connectivity index (χ0) is 19.6. The maximum absolute atomic E-state index is 11.5. The van der Waals surface area contributed by atoms with Crippen molar-refractivity contribution in [3.05, 3.63) is 20.9 Å². The standard InChI is InChI=1S/C12H17ClN12O2/c13-6-4(2-19-24-17)3(1-18-23-16)5-11(6)8(26)21-10(15)25(11)7-12(5,27)22-9(14)20-7/h3-8,26-27H,1-2H2,(H2,15,21)(H3,14,20,22)/t3-,4-,5+,6+,7-,8+,11+,12-/m1/s1. The van der Waals surface area contributed by atoms with Crippen LogP contribution in [0.3, 0.4) is 0 Å². The zero-order valence-corrected chi connectivity index (χ0v) is 14.6. The number of nitrogens with two attached hydrogens (primary N) is 2. The van der Waals surface area contributed by atoms with Gasteiger partial charge in [-0.15, -0.1) is 11.6 Å². The number of nitrogens with one attached hydrogen (secondary N) is 1. The van der Waals surface area contributed by atoms with Crippen LogP contribution in [0.2, 0.25) is 0 Å². The van der Waals surface area contributed by atoms with Gasteiger partial charge in [-0.25, -0.2) is 9.98 Å². The Hall–Kier alpha value is -2.63. The van der Waals surface area contributed by atoms with Crippen LogP contribution in [0.4, 0.5) is 0 Å². The molecule has 0 unspecified atom stereocenters. The van der Waals surface area contributed by atoms with Crippen molar-refractivity contribution in [2.24, 2.45) is 49.4 Å². The largest absolute Gasteiger partial charge is 0.370 e. The topological polar surface area (TPSA) is 230 Å². The lowest BCUT2D eigenvalue weighted by Gasteiger charge is -2.39. The smallest absolute Gasteiger partial charge is 0.196 e. The monoisotopic (exact) mass is 396 g/mol. The van der Waals surface area contributed by atoms with Gasteiger partial charge in [0, 0.05) is 28.8 Å². The lowest BCUT2D eigenvalue weighted by atomic mass is 9.77. The van der Waals surface area contributed by atoms with Gasteiger partial charge in [0.2, 0.25) is 0 Å². The molecule has 1 saturated heterocycles. The molecule has 1 aliphatic carbocycles.